The molecule has 0 saturated heterocycles. The normalized spacial score (nSPS) is 11.6. The molecule has 0 radical (unpaired) electrons. The third kappa shape index (κ3) is 11.0. The molecule has 230 valence electrons. The first-order chi connectivity index (χ1) is 19.2. The monoisotopic (exact) mass is 578 g/mol. The van der Waals surface area contributed by atoms with E-state index in [9.17, 15) is 31.5 Å². The Labute approximate surface area is 236 Å². The minimum Gasteiger partial charge on any atom is -0.465 e. The van der Waals surface area contributed by atoms with E-state index < -0.39 is 52.2 Å². The number of rotatable bonds is 22. The molecule has 9 heteroatoms. The Morgan fingerprint density at radius 3 is 1.25 bits per heavy atom. The van der Waals surface area contributed by atoms with Gasteiger partial charge in [-0.1, -0.05) is 117 Å². The fourth-order valence-corrected chi connectivity index (χ4v) is 4.73. The largest absolute Gasteiger partial charge is 0.465 e. The van der Waals surface area contributed by atoms with Crippen LogP contribution in [-0.4, -0.2) is 18.5 Å². The van der Waals surface area contributed by atoms with E-state index in [0.29, 0.717) is 6.42 Å². The van der Waals surface area contributed by atoms with E-state index in [1.165, 1.54) is 84.5 Å². The van der Waals surface area contributed by atoms with Gasteiger partial charge in [0.1, 0.15) is 0 Å². The van der Waals surface area contributed by atoms with E-state index in [4.69, 9.17) is 4.74 Å². The number of benzene rings is 1. The Bertz CT molecular complexity index is 873. The van der Waals surface area contributed by atoms with Gasteiger partial charge in [0.25, 0.3) is 0 Å². The van der Waals surface area contributed by atoms with Crippen molar-refractivity contribution < 1.29 is 41.0 Å². The predicted molar refractivity (Wildman–Crippen MR) is 145 cm³/mol. The van der Waals surface area contributed by atoms with Crippen LogP contribution in [0.3, 0.4) is 0 Å². The predicted octanol–water partition coefficient (Wildman–Crippen LogP) is 9.90. The molecule has 1 aromatic rings. The first kappa shape index (κ1) is 35.8. The topological polar surface area (TPSA) is 52.6 Å². The molecule has 0 fully saturated rings. The molecule has 1 rings (SSSR count). The number of hydrogen-bond acceptors (Lipinski definition) is 4. The molecule has 0 heterocycles. The summed E-state index contributed by atoms with van der Waals surface area (Å²) in [6.07, 6.45) is 18.8. The first-order valence-electron chi connectivity index (χ1n) is 15.1. The summed E-state index contributed by atoms with van der Waals surface area (Å²) in [5.74, 6) is -15.5. The third-order valence-electron chi connectivity index (χ3n) is 7.58. The average Bonchev–Trinajstić information content (AvgIpc) is 2.95. The van der Waals surface area contributed by atoms with Crippen LogP contribution in [-0.2, 0) is 14.3 Å². The van der Waals surface area contributed by atoms with Crippen molar-refractivity contribution in [1.82, 2.24) is 0 Å². The van der Waals surface area contributed by atoms with Crippen LogP contribution in [0.1, 0.15) is 136 Å². The molecule has 0 unspecified atom stereocenters. The smallest absolute Gasteiger partial charge is 0.329 e. The van der Waals surface area contributed by atoms with Crippen molar-refractivity contribution >= 4 is 11.9 Å². The van der Waals surface area contributed by atoms with Gasteiger partial charge in [0, 0.05) is 0 Å². The average molecular weight is 579 g/mol. The molecule has 4 nitrogen and oxygen atoms in total. The molecule has 0 atom stereocenters. The molecule has 0 aliphatic heterocycles. The molecule has 0 amide bonds. The lowest BCUT2D eigenvalue weighted by molar-refractivity contribution is -0.168. The second-order valence-corrected chi connectivity index (χ2v) is 10.5. The zero-order valence-electron chi connectivity index (χ0n) is 24.5. The summed E-state index contributed by atoms with van der Waals surface area (Å²) in [6.45, 7) is 5.23. The Morgan fingerprint density at radius 1 is 0.525 bits per heavy atom. The molecule has 0 spiro atoms. The second-order valence-electron chi connectivity index (χ2n) is 10.5. The summed E-state index contributed by atoms with van der Waals surface area (Å²) in [6, 6.07) is 0. The summed E-state index contributed by atoms with van der Waals surface area (Å²) in [5.41, 5.74) is -1.94. The van der Waals surface area contributed by atoms with Crippen LogP contribution in [0.5, 0.6) is 5.75 Å². The van der Waals surface area contributed by atoms with Crippen LogP contribution in [0.4, 0.5) is 22.0 Å². The number of ether oxygens (including phenoxy) is 2. The number of unbranched alkanes of at least 4 members (excludes halogenated alkanes) is 15. The van der Waals surface area contributed by atoms with Crippen LogP contribution < -0.4 is 4.74 Å². The van der Waals surface area contributed by atoms with Crippen LogP contribution in [0.2, 0.25) is 0 Å². The molecular formula is C31H47F5O4. The maximum Gasteiger partial charge on any atom is 0.329 e. The van der Waals surface area contributed by atoms with Crippen LogP contribution in [0, 0.1) is 34.5 Å². The summed E-state index contributed by atoms with van der Waals surface area (Å²) >= 11 is 0. The molecule has 40 heavy (non-hydrogen) atoms. The number of hydrogen-bond donors (Lipinski definition) is 0. The lowest BCUT2D eigenvalue weighted by Gasteiger charge is -2.27. The first-order valence-corrected chi connectivity index (χ1v) is 15.1. The zero-order valence-corrected chi connectivity index (χ0v) is 24.5. The Hall–Kier alpha value is -2.19. The van der Waals surface area contributed by atoms with E-state index in [0.717, 1.165) is 25.7 Å². The van der Waals surface area contributed by atoms with Crippen molar-refractivity contribution in [2.45, 2.75) is 136 Å². The van der Waals surface area contributed by atoms with Gasteiger partial charge in [-0.05, 0) is 19.3 Å². The van der Waals surface area contributed by atoms with Gasteiger partial charge in [-0.3, -0.25) is 9.59 Å². The van der Waals surface area contributed by atoms with Crippen molar-refractivity contribution in [1.29, 1.82) is 0 Å². The number of carbonyl (C=O) groups excluding carboxylic acids is 2. The highest BCUT2D eigenvalue weighted by Gasteiger charge is 2.47. The fourth-order valence-electron chi connectivity index (χ4n) is 4.73. The SMILES string of the molecule is CCCCCCCCCCCCCCCCCCOC(=O)C(CC)(CC)C(=O)Oc1c(F)c(F)c(F)c(F)c1F. The highest BCUT2D eigenvalue weighted by Crippen LogP contribution is 2.34. The standard InChI is InChI=1S/C31H47F5O4/c1-4-7-8-9-10-11-12-13-14-15-16-17-18-19-20-21-22-39-29(37)31(5-2,6-3)30(38)40-28-26(35)24(33)23(32)25(34)27(28)36/h4-22H2,1-3H3. The zero-order chi connectivity index (χ0) is 30.0. The van der Waals surface area contributed by atoms with E-state index in [1.807, 2.05) is 0 Å². The fraction of sp³-hybridized carbons (Fsp3) is 0.742. The van der Waals surface area contributed by atoms with Crippen molar-refractivity contribution in [2.24, 2.45) is 5.41 Å². The van der Waals surface area contributed by atoms with Gasteiger partial charge >= 0.3 is 11.9 Å². The molecule has 0 aliphatic rings. The number of halogens is 5. The maximum atomic E-state index is 14.0. The van der Waals surface area contributed by atoms with Gasteiger partial charge in [-0.15, -0.1) is 0 Å². The summed E-state index contributed by atoms with van der Waals surface area (Å²) in [5, 5.41) is 0. The molecule has 0 bridgehead atoms. The van der Waals surface area contributed by atoms with Crippen molar-refractivity contribution in [3.63, 3.8) is 0 Å². The highest BCUT2D eigenvalue weighted by molar-refractivity contribution is 6.00. The molecule has 0 saturated carbocycles. The molecule has 1 aromatic carbocycles. The van der Waals surface area contributed by atoms with Crippen molar-refractivity contribution in [3.8, 4) is 5.75 Å². The lowest BCUT2D eigenvalue weighted by Crippen LogP contribution is -2.43. The van der Waals surface area contributed by atoms with E-state index in [1.54, 1.807) is 0 Å². The van der Waals surface area contributed by atoms with Gasteiger partial charge in [-0.2, -0.15) is 8.78 Å². The Morgan fingerprint density at radius 2 is 0.875 bits per heavy atom. The third-order valence-corrected chi connectivity index (χ3v) is 7.58. The number of carbonyl (C=O) groups is 2. The molecule has 0 aliphatic carbocycles. The minimum absolute atomic E-state index is 0.0504. The Balaban J connectivity index is 2.32. The highest BCUT2D eigenvalue weighted by atomic mass is 19.2. The quantitative estimate of drug-likeness (QED) is 0.0261. The van der Waals surface area contributed by atoms with Gasteiger partial charge in [0.05, 0.1) is 6.61 Å². The van der Waals surface area contributed by atoms with Crippen LogP contribution in [0.25, 0.3) is 0 Å². The van der Waals surface area contributed by atoms with Crippen LogP contribution in [0.15, 0.2) is 0 Å². The van der Waals surface area contributed by atoms with Gasteiger partial charge in [-0.25, -0.2) is 13.2 Å². The maximum absolute atomic E-state index is 14.0. The number of esters is 2. The molecule has 0 aromatic heterocycles. The van der Waals surface area contributed by atoms with Crippen molar-refractivity contribution in [2.75, 3.05) is 6.61 Å². The second kappa shape index (κ2) is 19.8. The van der Waals surface area contributed by atoms with E-state index >= 15 is 0 Å². The van der Waals surface area contributed by atoms with Gasteiger partial charge in [0.15, 0.2) is 5.41 Å². The van der Waals surface area contributed by atoms with Gasteiger partial charge < -0.3 is 9.47 Å². The van der Waals surface area contributed by atoms with E-state index in [-0.39, 0.29) is 19.4 Å². The van der Waals surface area contributed by atoms with Crippen LogP contribution >= 0.6 is 0 Å². The summed E-state index contributed by atoms with van der Waals surface area (Å²) in [7, 11) is 0. The molecule has 0 N–H and O–H groups in total. The van der Waals surface area contributed by atoms with E-state index in [2.05, 4.69) is 11.7 Å². The van der Waals surface area contributed by atoms with Crippen molar-refractivity contribution in [3.05, 3.63) is 29.1 Å². The van der Waals surface area contributed by atoms with Gasteiger partial charge in [0.2, 0.25) is 34.8 Å². The summed E-state index contributed by atoms with van der Waals surface area (Å²) < 4.78 is 78.0. The Kier molecular flexibility index (Phi) is 17.8. The lowest BCUT2D eigenvalue weighted by atomic mass is 9.82. The minimum atomic E-state index is -2.37. The molecular weight excluding hydrogens is 531 g/mol. The summed E-state index contributed by atoms with van der Waals surface area (Å²) in [4.78, 5) is 25.5.